The molecule has 1 aliphatic heterocycles. The molecule has 0 radical (unpaired) electrons. The highest BCUT2D eigenvalue weighted by Gasteiger charge is 2.34. The second kappa shape index (κ2) is 6.50. The SMILES string of the molecule is Cn1ncc2c(=O)[nH]c(N3CCNC(=O)C3CC3CCCCC3)nc21. The number of aromatic amines is 1. The summed E-state index contributed by atoms with van der Waals surface area (Å²) in [5, 5.41) is 7.54. The zero-order valence-corrected chi connectivity index (χ0v) is 14.5. The maximum atomic E-state index is 12.5. The van der Waals surface area contributed by atoms with E-state index in [1.54, 1.807) is 11.7 Å². The van der Waals surface area contributed by atoms with Gasteiger partial charge < -0.3 is 10.2 Å². The number of hydrogen-bond acceptors (Lipinski definition) is 5. The number of H-pyrrole nitrogens is 1. The summed E-state index contributed by atoms with van der Waals surface area (Å²) >= 11 is 0. The molecular formula is C17H24N6O2. The Hall–Kier alpha value is -2.38. The van der Waals surface area contributed by atoms with Crippen molar-refractivity contribution in [3.63, 3.8) is 0 Å². The maximum absolute atomic E-state index is 12.5. The van der Waals surface area contributed by atoms with Gasteiger partial charge in [-0.1, -0.05) is 32.1 Å². The summed E-state index contributed by atoms with van der Waals surface area (Å²) in [4.78, 5) is 34.3. The van der Waals surface area contributed by atoms with Crippen LogP contribution in [0, 0.1) is 5.92 Å². The fourth-order valence-corrected chi connectivity index (χ4v) is 4.10. The lowest BCUT2D eigenvalue weighted by molar-refractivity contribution is -0.123. The Morgan fingerprint density at radius 3 is 2.84 bits per heavy atom. The Labute approximate surface area is 145 Å². The molecule has 134 valence electrons. The highest BCUT2D eigenvalue weighted by atomic mass is 16.2. The van der Waals surface area contributed by atoms with Gasteiger partial charge in [-0.3, -0.25) is 19.3 Å². The van der Waals surface area contributed by atoms with Crippen LogP contribution in [0.5, 0.6) is 0 Å². The first-order valence-electron chi connectivity index (χ1n) is 9.10. The molecule has 1 aliphatic carbocycles. The first-order chi connectivity index (χ1) is 12.1. The number of hydrogen-bond donors (Lipinski definition) is 2. The van der Waals surface area contributed by atoms with Crippen LogP contribution in [0.2, 0.25) is 0 Å². The third-order valence-electron chi connectivity index (χ3n) is 5.47. The molecule has 2 fully saturated rings. The average Bonchev–Trinajstić information content (AvgIpc) is 2.99. The van der Waals surface area contributed by atoms with Gasteiger partial charge in [0.2, 0.25) is 11.9 Å². The third-order valence-corrected chi connectivity index (χ3v) is 5.47. The second-order valence-electron chi connectivity index (χ2n) is 7.13. The van der Waals surface area contributed by atoms with Crippen molar-refractivity contribution >= 4 is 22.9 Å². The largest absolute Gasteiger partial charge is 0.353 e. The predicted octanol–water partition coefficient (Wildman–Crippen LogP) is 0.932. The third kappa shape index (κ3) is 3.01. The molecular weight excluding hydrogens is 320 g/mol. The van der Waals surface area contributed by atoms with Gasteiger partial charge in [0, 0.05) is 20.1 Å². The van der Waals surface area contributed by atoms with Gasteiger partial charge in [-0.05, 0) is 12.3 Å². The van der Waals surface area contributed by atoms with Crippen LogP contribution in [-0.4, -0.2) is 44.8 Å². The van der Waals surface area contributed by atoms with E-state index in [2.05, 4.69) is 20.4 Å². The van der Waals surface area contributed by atoms with Gasteiger partial charge in [0.25, 0.3) is 5.56 Å². The second-order valence-corrected chi connectivity index (χ2v) is 7.13. The lowest BCUT2D eigenvalue weighted by atomic mass is 9.84. The summed E-state index contributed by atoms with van der Waals surface area (Å²) in [5.74, 6) is 1.07. The molecule has 0 aromatic carbocycles. The number of carbonyl (C=O) groups excluding carboxylic acids is 1. The molecule has 4 rings (SSSR count). The smallest absolute Gasteiger partial charge is 0.263 e. The molecule has 1 amide bonds. The van der Waals surface area contributed by atoms with E-state index in [0.29, 0.717) is 36.0 Å². The quantitative estimate of drug-likeness (QED) is 0.864. The van der Waals surface area contributed by atoms with E-state index in [1.807, 2.05) is 4.90 Å². The number of aryl methyl sites for hydroxylation is 1. The molecule has 25 heavy (non-hydrogen) atoms. The zero-order valence-electron chi connectivity index (χ0n) is 14.5. The number of nitrogens with one attached hydrogen (secondary N) is 2. The molecule has 0 bridgehead atoms. The van der Waals surface area contributed by atoms with Gasteiger partial charge in [-0.25, -0.2) is 0 Å². The number of rotatable bonds is 3. The Morgan fingerprint density at radius 1 is 1.24 bits per heavy atom. The van der Waals surface area contributed by atoms with E-state index < -0.39 is 0 Å². The van der Waals surface area contributed by atoms with Gasteiger partial charge >= 0.3 is 0 Å². The Balaban J connectivity index is 1.67. The molecule has 2 aromatic heterocycles. The van der Waals surface area contributed by atoms with Gasteiger partial charge in [0.05, 0.1) is 6.20 Å². The summed E-state index contributed by atoms with van der Waals surface area (Å²) < 4.78 is 1.59. The number of amides is 1. The molecule has 2 N–H and O–H groups in total. The molecule has 2 aromatic rings. The number of nitrogens with zero attached hydrogens (tertiary/aromatic N) is 4. The van der Waals surface area contributed by atoms with Crippen LogP contribution in [0.3, 0.4) is 0 Å². The van der Waals surface area contributed by atoms with Crippen LogP contribution in [0.15, 0.2) is 11.0 Å². The molecule has 0 spiro atoms. The van der Waals surface area contributed by atoms with Gasteiger partial charge in [0.1, 0.15) is 11.4 Å². The average molecular weight is 344 g/mol. The molecule has 1 atom stereocenters. The first-order valence-corrected chi connectivity index (χ1v) is 9.10. The van der Waals surface area contributed by atoms with Crippen molar-refractivity contribution in [2.24, 2.45) is 13.0 Å². The summed E-state index contributed by atoms with van der Waals surface area (Å²) in [6.45, 7) is 1.21. The summed E-state index contributed by atoms with van der Waals surface area (Å²) in [6, 6.07) is -0.273. The highest BCUT2D eigenvalue weighted by Crippen LogP contribution is 2.30. The number of anilines is 1. The Morgan fingerprint density at radius 2 is 2.04 bits per heavy atom. The molecule has 1 saturated carbocycles. The van der Waals surface area contributed by atoms with Crippen molar-refractivity contribution in [1.82, 2.24) is 25.1 Å². The molecule has 8 heteroatoms. The van der Waals surface area contributed by atoms with Crippen LogP contribution >= 0.6 is 0 Å². The van der Waals surface area contributed by atoms with E-state index in [-0.39, 0.29) is 17.5 Å². The van der Waals surface area contributed by atoms with Crippen LogP contribution < -0.4 is 15.8 Å². The van der Waals surface area contributed by atoms with E-state index in [9.17, 15) is 9.59 Å². The lowest BCUT2D eigenvalue weighted by Gasteiger charge is -2.37. The fraction of sp³-hybridized carbons (Fsp3) is 0.647. The van der Waals surface area contributed by atoms with Crippen LogP contribution in [0.1, 0.15) is 38.5 Å². The predicted molar refractivity (Wildman–Crippen MR) is 94.5 cm³/mol. The molecule has 8 nitrogen and oxygen atoms in total. The zero-order chi connectivity index (χ0) is 17.4. The van der Waals surface area contributed by atoms with Crippen molar-refractivity contribution in [3.05, 3.63) is 16.6 Å². The van der Waals surface area contributed by atoms with Crippen molar-refractivity contribution in [1.29, 1.82) is 0 Å². The highest BCUT2D eigenvalue weighted by molar-refractivity contribution is 5.86. The minimum Gasteiger partial charge on any atom is -0.353 e. The maximum Gasteiger partial charge on any atom is 0.263 e. The number of aromatic nitrogens is 4. The standard InChI is InChI=1S/C17H24N6O2/c1-22-14-12(10-19-22)15(24)21-17(20-14)23-8-7-18-16(25)13(23)9-11-5-3-2-4-6-11/h10-11,13H,2-9H2,1H3,(H,18,25)(H,20,21,24). The summed E-state index contributed by atoms with van der Waals surface area (Å²) in [6.07, 6.45) is 8.49. The number of carbonyl (C=O) groups is 1. The summed E-state index contributed by atoms with van der Waals surface area (Å²) in [5.41, 5.74) is 0.330. The van der Waals surface area contributed by atoms with Crippen molar-refractivity contribution in [2.45, 2.75) is 44.6 Å². The molecule has 1 unspecified atom stereocenters. The Kier molecular flexibility index (Phi) is 4.19. The normalized spacial score (nSPS) is 22.4. The van der Waals surface area contributed by atoms with Crippen LogP contribution in [0.4, 0.5) is 5.95 Å². The number of piperazine rings is 1. The van der Waals surface area contributed by atoms with E-state index in [0.717, 1.165) is 6.42 Å². The van der Waals surface area contributed by atoms with Crippen molar-refractivity contribution in [2.75, 3.05) is 18.0 Å². The van der Waals surface area contributed by atoms with E-state index in [1.165, 1.54) is 38.3 Å². The van der Waals surface area contributed by atoms with E-state index >= 15 is 0 Å². The topological polar surface area (TPSA) is 95.9 Å². The first kappa shape index (κ1) is 16.1. The van der Waals surface area contributed by atoms with E-state index in [4.69, 9.17) is 0 Å². The monoisotopic (exact) mass is 344 g/mol. The minimum atomic E-state index is -0.273. The van der Waals surface area contributed by atoms with Crippen molar-refractivity contribution < 1.29 is 4.79 Å². The minimum absolute atomic E-state index is 0.0320. The van der Waals surface area contributed by atoms with Gasteiger partial charge in [-0.2, -0.15) is 10.1 Å². The van der Waals surface area contributed by atoms with Crippen LogP contribution in [0.25, 0.3) is 11.0 Å². The fourth-order valence-electron chi connectivity index (χ4n) is 4.10. The molecule has 2 aliphatic rings. The summed E-state index contributed by atoms with van der Waals surface area (Å²) in [7, 11) is 1.76. The van der Waals surface area contributed by atoms with Gasteiger partial charge in [0.15, 0.2) is 5.65 Å². The Bertz CT molecular complexity index is 835. The molecule has 3 heterocycles. The van der Waals surface area contributed by atoms with Crippen LogP contribution in [-0.2, 0) is 11.8 Å². The van der Waals surface area contributed by atoms with Crippen molar-refractivity contribution in [3.8, 4) is 0 Å². The van der Waals surface area contributed by atoms with Gasteiger partial charge in [-0.15, -0.1) is 0 Å². The number of fused-ring (bicyclic) bond motifs is 1. The molecule has 1 saturated heterocycles. The lowest BCUT2D eigenvalue weighted by Crippen LogP contribution is -2.56.